The highest BCUT2D eigenvalue weighted by Crippen LogP contribution is 2.44. The van der Waals surface area contributed by atoms with E-state index >= 15 is 0 Å². The van der Waals surface area contributed by atoms with E-state index in [0.717, 1.165) is 34.2 Å². The number of carboxylic acid groups (broad SMARTS) is 1. The maximum absolute atomic E-state index is 13.4. The molecule has 1 fully saturated rings. The number of rotatable bonds is 10. The van der Waals surface area contributed by atoms with Gasteiger partial charge in [-0.25, -0.2) is 4.79 Å². The Bertz CT molecular complexity index is 1330. The van der Waals surface area contributed by atoms with Crippen molar-refractivity contribution in [3.8, 4) is 11.1 Å². The van der Waals surface area contributed by atoms with E-state index in [1.54, 1.807) is 0 Å². The second-order valence-electron chi connectivity index (χ2n) is 11.1. The summed E-state index contributed by atoms with van der Waals surface area (Å²) in [4.78, 5) is 40.0. The Balaban J connectivity index is 1.25. The van der Waals surface area contributed by atoms with E-state index in [9.17, 15) is 19.5 Å². The van der Waals surface area contributed by atoms with Crippen LogP contribution in [-0.4, -0.2) is 60.3 Å². The molecule has 2 amide bonds. The molecule has 5 rings (SSSR count). The number of nitrogens with zero attached hydrogens (tertiary/aromatic N) is 1. The monoisotopic (exact) mass is 555 g/mol. The van der Waals surface area contributed by atoms with Crippen molar-refractivity contribution in [2.24, 2.45) is 5.92 Å². The number of fused-ring (bicyclic) bond motifs is 3. The normalized spacial score (nSPS) is 18.7. The predicted octanol–water partition coefficient (Wildman–Crippen LogP) is 4.79. The van der Waals surface area contributed by atoms with Gasteiger partial charge >= 0.3 is 12.1 Å². The minimum Gasteiger partial charge on any atom is -0.481 e. The molecule has 8 nitrogen and oxygen atoms in total. The van der Waals surface area contributed by atoms with E-state index in [2.05, 4.69) is 34.9 Å². The van der Waals surface area contributed by atoms with E-state index in [4.69, 9.17) is 4.74 Å². The van der Waals surface area contributed by atoms with Gasteiger partial charge in [0.05, 0.1) is 5.92 Å². The van der Waals surface area contributed by atoms with Crippen molar-refractivity contribution in [1.82, 2.24) is 15.5 Å². The Morgan fingerprint density at radius 2 is 1.56 bits per heavy atom. The standard InChI is InChI=1S/C33H37N3O5/c1-36(19-22-10-3-2-4-11-22)20-30(31(37)34-24-13-9-12-23(18-24)32(38)39)35-33(40)41-21-29-27-16-7-5-14-25(27)26-15-6-8-17-28(26)29/h2-8,10-11,14-17,23-24,29-30H,9,12-13,18-21H2,1H3,(H,34,37)(H,35,40)(H,38,39)/t23-,24+,30?/m1/s1. The second kappa shape index (κ2) is 13.0. The highest BCUT2D eigenvalue weighted by atomic mass is 16.5. The average molecular weight is 556 g/mol. The Morgan fingerprint density at radius 1 is 0.927 bits per heavy atom. The van der Waals surface area contributed by atoms with Crippen LogP contribution in [-0.2, 0) is 20.9 Å². The van der Waals surface area contributed by atoms with Crippen LogP contribution < -0.4 is 10.6 Å². The third-order valence-corrected chi connectivity index (χ3v) is 8.11. The second-order valence-corrected chi connectivity index (χ2v) is 11.1. The fourth-order valence-electron chi connectivity index (χ4n) is 6.09. The number of likely N-dealkylation sites (N-methyl/N-ethyl adjacent to an activating group) is 1. The largest absolute Gasteiger partial charge is 0.481 e. The Kier molecular flexibility index (Phi) is 8.99. The lowest BCUT2D eigenvalue weighted by Gasteiger charge is -2.30. The third kappa shape index (κ3) is 6.95. The van der Waals surface area contributed by atoms with Gasteiger partial charge < -0.3 is 20.5 Å². The lowest BCUT2D eigenvalue weighted by atomic mass is 9.85. The summed E-state index contributed by atoms with van der Waals surface area (Å²) in [6, 6.07) is 25.1. The van der Waals surface area contributed by atoms with Gasteiger partial charge in [-0.05, 0) is 54.1 Å². The molecule has 8 heteroatoms. The SMILES string of the molecule is CN(Cc1ccccc1)CC(NC(=O)OCC1c2ccccc2-c2ccccc21)C(=O)N[C@H]1CCC[C@@H](C(=O)O)C1. The summed E-state index contributed by atoms with van der Waals surface area (Å²) in [5, 5.41) is 15.3. The van der Waals surface area contributed by atoms with Crippen LogP contribution in [0, 0.1) is 5.92 Å². The summed E-state index contributed by atoms with van der Waals surface area (Å²) in [5.74, 6) is -1.73. The van der Waals surface area contributed by atoms with Gasteiger partial charge in [-0.2, -0.15) is 0 Å². The Hall–Kier alpha value is -4.17. The molecule has 0 aromatic heterocycles. The van der Waals surface area contributed by atoms with Crippen LogP contribution in [0.1, 0.15) is 48.3 Å². The fraction of sp³-hybridized carbons (Fsp3) is 0.364. The molecule has 0 aliphatic heterocycles. The first kappa shape index (κ1) is 28.4. The molecule has 3 atom stereocenters. The number of aliphatic carboxylic acids is 1. The molecule has 3 N–H and O–H groups in total. The molecule has 214 valence electrons. The van der Waals surface area contributed by atoms with Gasteiger partial charge in [-0.1, -0.05) is 85.3 Å². The lowest BCUT2D eigenvalue weighted by molar-refractivity contribution is -0.143. The van der Waals surface area contributed by atoms with E-state index < -0.39 is 24.0 Å². The molecule has 2 aliphatic carbocycles. The first-order chi connectivity index (χ1) is 19.9. The number of hydrogen-bond acceptors (Lipinski definition) is 5. The number of hydrogen-bond donors (Lipinski definition) is 3. The lowest BCUT2D eigenvalue weighted by Crippen LogP contribution is -2.54. The number of ether oxygens (including phenoxy) is 1. The van der Waals surface area contributed by atoms with Crippen LogP contribution in [0.5, 0.6) is 0 Å². The predicted molar refractivity (Wildman–Crippen MR) is 156 cm³/mol. The summed E-state index contributed by atoms with van der Waals surface area (Å²) >= 11 is 0. The molecule has 41 heavy (non-hydrogen) atoms. The maximum atomic E-state index is 13.4. The van der Waals surface area contributed by atoms with Crippen molar-refractivity contribution in [3.05, 3.63) is 95.6 Å². The minimum absolute atomic E-state index is 0.0867. The zero-order chi connectivity index (χ0) is 28.8. The van der Waals surface area contributed by atoms with Gasteiger partial charge in [-0.3, -0.25) is 14.5 Å². The summed E-state index contributed by atoms with van der Waals surface area (Å²) in [6.07, 6.45) is 1.79. The van der Waals surface area contributed by atoms with E-state index in [1.165, 1.54) is 0 Å². The summed E-state index contributed by atoms with van der Waals surface area (Å²) in [6.45, 7) is 1.01. The van der Waals surface area contributed by atoms with Gasteiger partial charge in [0.25, 0.3) is 0 Å². The average Bonchev–Trinajstić information content (AvgIpc) is 3.30. The van der Waals surface area contributed by atoms with Gasteiger partial charge in [0, 0.05) is 25.0 Å². The molecule has 0 bridgehead atoms. The highest BCUT2D eigenvalue weighted by Gasteiger charge is 2.32. The van der Waals surface area contributed by atoms with Crippen LogP contribution in [0.2, 0.25) is 0 Å². The number of carbonyl (C=O) groups excluding carboxylic acids is 2. The van der Waals surface area contributed by atoms with Crippen molar-refractivity contribution < 1.29 is 24.2 Å². The molecule has 3 aromatic rings. The molecule has 2 aliphatic rings. The van der Waals surface area contributed by atoms with Crippen LogP contribution in [0.25, 0.3) is 11.1 Å². The Morgan fingerprint density at radius 3 is 2.22 bits per heavy atom. The number of amides is 2. The number of carbonyl (C=O) groups is 3. The van der Waals surface area contributed by atoms with E-state index in [0.29, 0.717) is 25.8 Å². The molecule has 0 spiro atoms. The van der Waals surface area contributed by atoms with E-state index in [1.807, 2.05) is 66.5 Å². The first-order valence-electron chi connectivity index (χ1n) is 14.3. The Labute approximate surface area is 240 Å². The van der Waals surface area contributed by atoms with Crippen molar-refractivity contribution >= 4 is 18.0 Å². The van der Waals surface area contributed by atoms with Crippen LogP contribution >= 0.6 is 0 Å². The molecular formula is C33H37N3O5. The van der Waals surface area contributed by atoms with Gasteiger partial charge in [0.2, 0.25) is 5.91 Å². The number of nitrogens with one attached hydrogen (secondary N) is 2. The number of alkyl carbamates (subject to hydrolysis) is 1. The minimum atomic E-state index is -0.871. The smallest absolute Gasteiger partial charge is 0.407 e. The zero-order valence-corrected chi connectivity index (χ0v) is 23.3. The van der Waals surface area contributed by atoms with Crippen LogP contribution in [0.4, 0.5) is 4.79 Å². The molecule has 0 heterocycles. The molecule has 3 aromatic carbocycles. The molecular weight excluding hydrogens is 518 g/mol. The topological polar surface area (TPSA) is 108 Å². The third-order valence-electron chi connectivity index (χ3n) is 8.11. The quantitative estimate of drug-likeness (QED) is 0.332. The van der Waals surface area contributed by atoms with Gasteiger partial charge in [0.1, 0.15) is 12.6 Å². The number of carboxylic acids is 1. The zero-order valence-electron chi connectivity index (χ0n) is 23.3. The molecule has 0 saturated heterocycles. The molecule has 1 saturated carbocycles. The van der Waals surface area contributed by atoms with Gasteiger partial charge in [-0.15, -0.1) is 0 Å². The maximum Gasteiger partial charge on any atom is 0.407 e. The highest BCUT2D eigenvalue weighted by molar-refractivity contribution is 5.86. The molecule has 0 radical (unpaired) electrons. The van der Waals surface area contributed by atoms with Crippen LogP contribution in [0.3, 0.4) is 0 Å². The van der Waals surface area contributed by atoms with Crippen molar-refractivity contribution in [3.63, 3.8) is 0 Å². The summed E-state index contributed by atoms with van der Waals surface area (Å²) in [5.41, 5.74) is 5.60. The van der Waals surface area contributed by atoms with Crippen molar-refractivity contribution in [1.29, 1.82) is 0 Å². The summed E-state index contributed by atoms with van der Waals surface area (Å²) in [7, 11) is 1.90. The van der Waals surface area contributed by atoms with E-state index in [-0.39, 0.29) is 31.0 Å². The summed E-state index contributed by atoms with van der Waals surface area (Å²) < 4.78 is 5.73. The van der Waals surface area contributed by atoms with Crippen molar-refractivity contribution in [2.45, 2.75) is 50.2 Å². The fourth-order valence-corrected chi connectivity index (χ4v) is 6.09. The number of benzene rings is 3. The molecule has 1 unspecified atom stereocenters. The first-order valence-corrected chi connectivity index (χ1v) is 14.3. The van der Waals surface area contributed by atoms with Crippen molar-refractivity contribution in [2.75, 3.05) is 20.2 Å². The van der Waals surface area contributed by atoms with Gasteiger partial charge in [0.15, 0.2) is 0 Å². The van der Waals surface area contributed by atoms with Crippen LogP contribution in [0.15, 0.2) is 78.9 Å².